The van der Waals surface area contributed by atoms with Gasteiger partial charge in [0.05, 0.1) is 5.69 Å². The van der Waals surface area contributed by atoms with Crippen molar-refractivity contribution in [1.82, 2.24) is 9.88 Å². The molecule has 1 aliphatic rings. The third-order valence-electron chi connectivity index (χ3n) is 3.71. The molecule has 2 aromatic rings. The van der Waals surface area contributed by atoms with Gasteiger partial charge in [-0.25, -0.2) is 4.79 Å². The molecule has 5 nitrogen and oxygen atoms in total. The van der Waals surface area contributed by atoms with E-state index in [0.717, 1.165) is 34.7 Å². The van der Waals surface area contributed by atoms with Gasteiger partial charge in [-0.2, -0.15) is 0 Å². The fourth-order valence-corrected chi connectivity index (χ4v) is 2.65. The molecule has 1 aromatic carbocycles. The minimum Gasteiger partial charge on any atom is -0.492 e. The number of fused-ring (bicyclic) bond motifs is 3. The molecule has 0 fully saturated rings. The molecule has 3 rings (SSSR count). The number of nitrogens with zero attached hydrogens (tertiary/aromatic N) is 2. The van der Waals surface area contributed by atoms with Gasteiger partial charge in [-0.3, -0.25) is 4.98 Å². The quantitative estimate of drug-likeness (QED) is 0.734. The summed E-state index contributed by atoms with van der Waals surface area (Å²) < 4.78 is 5.76. The number of hydrogen-bond acceptors (Lipinski definition) is 4. The van der Waals surface area contributed by atoms with Gasteiger partial charge in [0.1, 0.15) is 12.4 Å². The molecule has 1 heterocycles. The van der Waals surface area contributed by atoms with Crippen molar-refractivity contribution in [1.29, 1.82) is 0 Å². The van der Waals surface area contributed by atoms with E-state index in [9.17, 15) is 4.79 Å². The summed E-state index contributed by atoms with van der Waals surface area (Å²) in [6.07, 6.45) is 2.95. The number of hydrogen-bond donors (Lipinski definition) is 1. The van der Waals surface area contributed by atoms with Crippen LogP contribution < -0.4 is 4.74 Å². The average Bonchev–Trinajstić information content (AvgIpc) is 2.81. The molecule has 0 aliphatic heterocycles. The van der Waals surface area contributed by atoms with Crippen LogP contribution in [0, 0.1) is 0 Å². The van der Waals surface area contributed by atoms with Crippen LogP contribution in [0.3, 0.4) is 0 Å². The molecule has 118 valence electrons. The van der Waals surface area contributed by atoms with Gasteiger partial charge in [0.25, 0.3) is 0 Å². The smallest absolute Gasteiger partial charge is 0.328 e. The molecule has 1 N–H and O–H groups in total. The molecule has 1 aromatic heterocycles. The van der Waals surface area contributed by atoms with Crippen molar-refractivity contribution in [2.45, 2.75) is 0 Å². The number of carboxylic acids is 1. The fraction of sp³-hybridized carbons (Fsp3) is 0.222. The number of aliphatic carboxylic acids is 1. The number of carboxylic acid groups (broad SMARTS) is 1. The topological polar surface area (TPSA) is 62.7 Å². The number of pyridine rings is 1. The molecule has 0 bridgehead atoms. The second kappa shape index (κ2) is 6.22. The van der Waals surface area contributed by atoms with E-state index in [-0.39, 0.29) is 0 Å². The Kier molecular flexibility index (Phi) is 4.12. The first-order valence-electron chi connectivity index (χ1n) is 7.38. The van der Waals surface area contributed by atoms with Gasteiger partial charge in [0, 0.05) is 29.9 Å². The Bertz CT molecular complexity index is 782. The first-order valence-corrected chi connectivity index (χ1v) is 7.38. The minimum atomic E-state index is -0.971. The number of rotatable bonds is 5. The molecule has 0 saturated carbocycles. The lowest BCUT2D eigenvalue weighted by atomic mass is 10.0. The summed E-state index contributed by atoms with van der Waals surface area (Å²) in [7, 11) is 3.98. The molecule has 23 heavy (non-hydrogen) atoms. The van der Waals surface area contributed by atoms with Crippen molar-refractivity contribution >= 4 is 11.5 Å². The lowest BCUT2D eigenvalue weighted by molar-refractivity contribution is -0.131. The molecular formula is C18H18N2O3. The maximum atomic E-state index is 11.2. The Morgan fingerprint density at radius 2 is 2.09 bits per heavy atom. The Morgan fingerprint density at radius 1 is 1.26 bits per heavy atom. The first kappa shape index (κ1) is 15.2. The van der Waals surface area contributed by atoms with Crippen molar-refractivity contribution in [3.8, 4) is 17.0 Å². The molecular weight excluding hydrogens is 292 g/mol. The van der Waals surface area contributed by atoms with E-state index in [1.54, 1.807) is 6.20 Å². The third kappa shape index (κ3) is 3.10. The number of aromatic nitrogens is 1. The van der Waals surface area contributed by atoms with Crippen LogP contribution in [0.1, 0.15) is 11.1 Å². The summed E-state index contributed by atoms with van der Waals surface area (Å²) in [5.41, 5.74) is 4.12. The van der Waals surface area contributed by atoms with E-state index >= 15 is 0 Å². The van der Waals surface area contributed by atoms with Crippen LogP contribution >= 0.6 is 0 Å². The Labute approximate surface area is 134 Å². The van der Waals surface area contributed by atoms with Gasteiger partial charge in [-0.15, -0.1) is 0 Å². The van der Waals surface area contributed by atoms with Crippen molar-refractivity contribution < 1.29 is 14.6 Å². The van der Waals surface area contributed by atoms with E-state index in [4.69, 9.17) is 9.84 Å². The van der Waals surface area contributed by atoms with Crippen molar-refractivity contribution in [2.24, 2.45) is 0 Å². The van der Waals surface area contributed by atoms with E-state index in [1.807, 2.05) is 49.3 Å². The molecule has 0 unspecified atom stereocenters. The summed E-state index contributed by atoms with van der Waals surface area (Å²) >= 11 is 0. The van der Waals surface area contributed by atoms with E-state index < -0.39 is 5.97 Å². The maximum absolute atomic E-state index is 11.2. The second-order valence-electron chi connectivity index (χ2n) is 5.65. The van der Waals surface area contributed by atoms with Crippen LogP contribution in [0.4, 0.5) is 0 Å². The Hall–Kier alpha value is -2.66. The van der Waals surface area contributed by atoms with Gasteiger partial charge in [-0.05, 0) is 49.5 Å². The van der Waals surface area contributed by atoms with Gasteiger partial charge in [0.2, 0.25) is 0 Å². The summed E-state index contributed by atoms with van der Waals surface area (Å²) in [5, 5.41) is 9.16. The summed E-state index contributed by atoms with van der Waals surface area (Å²) in [4.78, 5) is 17.6. The SMILES string of the molecule is CN(C)CCOc1ccc2c(c1)/C(=C/C(=O)O)c1cccnc1-2. The highest BCUT2D eigenvalue weighted by atomic mass is 16.5. The van der Waals surface area contributed by atoms with Gasteiger partial charge in [0.15, 0.2) is 0 Å². The number of benzene rings is 1. The monoisotopic (exact) mass is 310 g/mol. The molecule has 5 heteroatoms. The normalized spacial score (nSPS) is 14.0. The minimum absolute atomic E-state index is 0.578. The molecule has 0 radical (unpaired) electrons. The summed E-state index contributed by atoms with van der Waals surface area (Å²) in [6, 6.07) is 9.44. The van der Waals surface area contributed by atoms with Crippen LogP contribution in [0.25, 0.3) is 16.8 Å². The second-order valence-corrected chi connectivity index (χ2v) is 5.65. The highest BCUT2D eigenvalue weighted by molar-refractivity contribution is 6.05. The average molecular weight is 310 g/mol. The summed E-state index contributed by atoms with van der Waals surface area (Å²) in [6.45, 7) is 1.39. The standard InChI is InChI=1S/C18H18N2O3/c1-20(2)8-9-23-12-5-6-14-15(10-12)16(11-17(21)22)13-4-3-7-19-18(13)14/h3-7,10-11H,8-9H2,1-2H3,(H,21,22)/b16-11+. The fourth-order valence-electron chi connectivity index (χ4n) is 2.65. The number of likely N-dealkylation sites (N-methyl/N-ethyl adjacent to an activating group) is 1. The highest BCUT2D eigenvalue weighted by Crippen LogP contribution is 2.44. The van der Waals surface area contributed by atoms with Gasteiger partial charge < -0.3 is 14.7 Å². The lowest BCUT2D eigenvalue weighted by Crippen LogP contribution is -2.19. The largest absolute Gasteiger partial charge is 0.492 e. The molecule has 1 aliphatic carbocycles. The predicted octanol–water partition coefficient (Wildman–Crippen LogP) is 2.52. The van der Waals surface area contributed by atoms with E-state index in [1.165, 1.54) is 6.08 Å². The van der Waals surface area contributed by atoms with Gasteiger partial charge >= 0.3 is 5.97 Å². The molecule has 0 atom stereocenters. The maximum Gasteiger partial charge on any atom is 0.328 e. The van der Waals surface area contributed by atoms with Crippen LogP contribution in [-0.2, 0) is 4.79 Å². The zero-order valence-corrected chi connectivity index (χ0v) is 13.1. The number of ether oxygens (including phenoxy) is 1. The van der Waals surface area contributed by atoms with Crippen molar-refractivity contribution in [2.75, 3.05) is 27.2 Å². The van der Waals surface area contributed by atoms with E-state index in [2.05, 4.69) is 4.98 Å². The van der Waals surface area contributed by atoms with Gasteiger partial charge in [-0.1, -0.05) is 6.07 Å². The lowest BCUT2D eigenvalue weighted by Gasteiger charge is -2.12. The molecule has 0 amide bonds. The highest BCUT2D eigenvalue weighted by Gasteiger charge is 2.25. The Morgan fingerprint density at radius 3 is 2.83 bits per heavy atom. The van der Waals surface area contributed by atoms with Crippen molar-refractivity contribution in [3.63, 3.8) is 0 Å². The molecule has 0 saturated heterocycles. The van der Waals surface area contributed by atoms with E-state index in [0.29, 0.717) is 12.2 Å². The predicted molar refractivity (Wildman–Crippen MR) is 88.4 cm³/mol. The van der Waals surface area contributed by atoms with Crippen molar-refractivity contribution in [3.05, 3.63) is 53.7 Å². The van der Waals surface area contributed by atoms with Crippen LogP contribution in [0.2, 0.25) is 0 Å². The number of carbonyl (C=O) groups is 1. The van der Waals surface area contributed by atoms with Crippen LogP contribution in [0.5, 0.6) is 5.75 Å². The van der Waals surface area contributed by atoms with Crippen LogP contribution in [0.15, 0.2) is 42.6 Å². The first-order chi connectivity index (χ1) is 11.1. The summed E-state index contributed by atoms with van der Waals surface area (Å²) in [5.74, 6) is -0.240. The zero-order chi connectivity index (χ0) is 16.4. The third-order valence-corrected chi connectivity index (χ3v) is 3.71. The van der Waals surface area contributed by atoms with Crippen LogP contribution in [-0.4, -0.2) is 48.2 Å². The zero-order valence-electron chi connectivity index (χ0n) is 13.1. The molecule has 0 spiro atoms. The Balaban J connectivity index is 1.98.